The third-order valence-electron chi connectivity index (χ3n) is 3.35. The summed E-state index contributed by atoms with van der Waals surface area (Å²) in [6.45, 7) is 1.98. The van der Waals surface area contributed by atoms with Crippen LogP contribution in [-0.4, -0.2) is 11.4 Å². The van der Waals surface area contributed by atoms with Crippen LogP contribution in [0.15, 0.2) is 30.3 Å². The number of hydrogen-bond donors (Lipinski definition) is 2. The minimum atomic E-state index is -0.608. The molecule has 3 nitrogen and oxygen atoms in total. The Balaban J connectivity index is 1.97. The van der Waals surface area contributed by atoms with Crippen LogP contribution in [-0.2, 0) is 4.79 Å². The van der Waals surface area contributed by atoms with E-state index in [1.807, 2.05) is 37.3 Å². The number of nitrogens with one attached hydrogen (secondary N) is 1. The van der Waals surface area contributed by atoms with Gasteiger partial charge in [-0.1, -0.05) is 30.3 Å². The third-order valence-corrected chi connectivity index (χ3v) is 3.35. The molecule has 3 N–H and O–H groups in total. The van der Waals surface area contributed by atoms with Gasteiger partial charge in [-0.3, -0.25) is 4.79 Å². The van der Waals surface area contributed by atoms with E-state index in [4.69, 9.17) is 5.73 Å². The van der Waals surface area contributed by atoms with E-state index in [0.29, 0.717) is 0 Å². The lowest BCUT2D eigenvalue weighted by Gasteiger charge is -2.37. The number of carbonyl (C=O) groups excluding carboxylic acids is 1. The number of benzene rings is 1. The van der Waals surface area contributed by atoms with E-state index in [0.717, 1.165) is 24.8 Å². The molecular weight excluding hydrogens is 200 g/mol. The second-order valence-corrected chi connectivity index (χ2v) is 4.62. The summed E-state index contributed by atoms with van der Waals surface area (Å²) in [7, 11) is 0. The number of amides is 1. The average Bonchev–Trinajstić information content (AvgIpc) is 2.27. The van der Waals surface area contributed by atoms with Crippen molar-refractivity contribution in [3.8, 4) is 0 Å². The minimum absolute atomic E-state index is 0.0184. The Labute approximate surface area is 96.0 Å². The Morgan fingerprint density at radius 1 is 1.38 bits per heavy atom. The van der Waals surface area contributed by atoms with Crippen LogP contribution in [0.2, 0.25) is 0 Å². The van der Waals surface area contributed by atoms with Gasteiger partial charge in [0.2, 0.25) is 5.91 Å². The molecule has 1 amide bonds. The van der Waals surface area contributed by atoms with Crippen LogP contribution < -0.4 is 11.1 Å². The molecule has 0 radical (unpaired) electrons. The van der Waals surface area contributed by atoms with E-state index < -0.39 is 5.54 Å². The molecule has 1 aromatic carbocycles. The maximum atomic E-state index is 11.9. The Morgan fingerprint density at radius 2 is 2.00 bits per heavy atom. The molecule has 0 spiro atoms. The molecule has 0 saturated heterocycles. The summed E-state index contributed by atoms with van der Waals surface area (Å²) < 4.78 is 0. The molecule has 1 aliphatic carbocycles. The molecule has 0 aromatic heterocycles. The van der Waals surface area contributed by atoms with Gasteiger partial charge < -0.3 is 11.1 Å². The van der Waals surface area contributed by atoms with Crippen LogP contribution >= 0.6 is 0 Å². The van der Waals surface area contributed by atoms with E-state index in [9.17, 15) is 4.79 Å². The summed E-state index contributed by atoms with van der Waals surface area (Å²) in [6, 6.07) is 9.95. The molecule has 16 heavy (non-hydrogen) atoms. The van der Waals surface area contributed by atoms with Crippen molar-refractivity contribution in [3.63, 3.8) is 0 Å². The summed E-state index contributed by atoms with van der Waals surface area (Å²) in [4.78, 5) is 11.9. The highest BCUT2D eigenvalue weighted by molar-refractivity contribution is 5.87. The molecule has 1 aromatic rings. The van der Waals surface area contributed by atoms with Gasteiger partial charge in [-0.05, 0) is 31.7 Å². The standard InChI is InChI=1S/C13H18N2O/c1-10(11-6-3-2-4-7-11)15-12(16)13(14)8-5-9-13/h2-4,6-7,10H,5,8-9,14H2,1H3,(H,15,16)/t10-/m0/s1. The molecule has 1 fully saturated rings. The maximum absolute atomic E-state index is 11.9. The summed E-state index contributed by atoms with van der Waals surface area (Å²) in [5, 5.41) is 2.97. The van der Waals surface area contributed by atoms with Crippen LogP contribution in [0.5, 0.6) is 0 Å². The van der Waals surface area contributed by atoms with Crippen LogP contribution in [0.25, 0.3) is 0 Å². The van der Waals surface area contributed by atoms with Crippen molar-refractivity contribution in [1.82, 2.24) is 5.32 Å². The van der Waals surface area contributed by atoms with Crippen LogP contribution in [0.3, 0.4) is 0 Å². The van der Waals surface area contributed by atoms with Gasteiger partial charge in [-0.25, -0.2) is 0 Å². The first-order valence-corrected chi connectivity index (χ1v) is 5.77. The van der Waals surface area contributed by atoms with E-state index >= 15 is 0 Å². The smallest absolute Gasteiger partial charge is 0.240 e. The van der Waals surface area contributed by atoms with Crippen molar-refractivity contribution in [2.45, 2.75) is 37.8 Å². The zero-order chi connectivity index (χ0) is 11.6. The molecular formula is C13H18N2O. The maximum Gasteiger partial charge on any atom is 0.240 e. The van der Waals surface area contributed by atoms with Crippen molar-refractivity contribution in [3.05, 3.63) is 35.9 Å². The highest BCUT2D eigenvalue weighted by Crippen LogP contribution is 2.29. The van der Waals surface area contributed by atoms with E-state index in [-0.39, 0.29) is 11.9 Å². The fourth-order valence-corrected chi connectivity index (χ4v) is 1.95. The Morgan fingerprint density at radius 3 is 2.50 bits per heavy atom. The number of nitrogens with two attached hydrogens (primary N) is 1. The lowest BCUT2D eigenvalue weighted by atomic mass is 9.77. The molecule has 1 aliphatic rings. The average molecular weight is 218 g/mol. The van der Waals surface area contributed by atoms with Gasteiger partial charge in [0.25, 0.3) is 0 Å². The van der Waals surface area contributed by atoms with Crippen LogP contribution in [0.1, 0.15) is 37.8 Å². The van der Waals surface area contributed by atoms with Gasteiger partial charge in [0, 0.05) is 0 Å². The predicted octanol–water partition coefficient (Wildman–Crippen LogP) is 1.75. The van der Waals surface area contributed by atoms with Gasteiger partial charge in [0.1, 0.15) is 0 Å². The predicted molar refractivity (Wildman–Crippen MR) is 63.8 cm³/mol. The number of hydrogen-bond acceptors (Lipinski definition) is 2. The van der Waals surface area contributed by atoms with Crippen molar-refractivity contribution >= 4 is 5.91 Å². The zero-order valence-corrected chi connectivity index (χ0v) is 9.57. The van der Waals surface area contributed by atoms with Crippen molar-refractivity contribution < 1.29 is 4.79 Å². The highest BCUT2D eigenvalue weighted by Gasteiger charge is 2.40. The Hall–Kier alpha value is -1.35. The van der Waals surface area contributed by atoms with Crippen LogP contribution in [0.4, 0.5) is 0 Å². The molecule has 0 heterocycles. The molecule has 1 saturated carbocycles. The fraction of sp³-hybridized carbons (Fsp3) is 0.462. The zero-order valence-electron chi connectivity index (χ0n) is 9.57. The molecule has 0 bridgehead atoms. The van der Waals surface area contributed by atoms with Gasteiger partial charge in [-0.15, -0.1) is 0 Å². The summed E-state index contributed by atoms with van der Waals surface area (Å²) in [5.74, 6) is -0.0184. The summed E-state index contributed by atoms with van der Waals surface area (Å²) >= 11 is 0. The van der Waals surface area contributed by atoms with E-state index in [1.54, 1.807) is 0 Å². The second-order valence-electron chi connectivity index (χ2n) is 4.62. The molecule has 3 heteroatoms. The Bertz CT molecular complexity index is 371. The molecule has 2 rings (SSSR count). The normalized spacial score (nSPS) is 19.6. The second kappa shape index (κ2) is 4.26. The SMILES string of the molecule is C[C@H](NC(=O)C1(N)CCC1)c1ccccc1. The monoisotopic (exact) mass is 218 g/mol. The topological polar surface area (TPSA) is 55.1 Å². The van der Waals surface area contributed by atoms with Crippen molar-refractivity contribution in [1.29, 1.82) is 0 Å². The molecule has 1 atom stereocenters. The van der Waals surface area contributed by atoms with Crippen molar-refractivity contribution in [2.24, 2.45) is 5.73 Å². The number of carbonyl (C=O) groups is 1. The van der Waals surface area contributed by atoms with Crippen molar-refractivity contribution in [2.75, 3.05) is 0 Å². The lowest BCUT2D eigenvalue weighted by molar-refractivity contribution is -0.129. The molecule has 0 unspecified atom stereocenters. The summed E-state index contributed by atoms with van der Waals surface area (Å²) in [5.41, 5.74) is 6.46. The molecule has 86 valence electrons. The first-order chi connectivity index (χ1) is 7.62. The first kappa shape index (κ1) is 11.1. The van der Waals surface area contributed by atoms with E-state index in [1.165, 1.54) is 0 Å². The Kier molecular flexibility index (Phi) is 2.97. The van der Waals surface area contributed by atoms with Gasteiger partial charge in [-0.2, -0.15) is 0 Å². The molecule has 0 aliphatic heterocycles. The van der Waals surface area contributed by atoms with Gasteiger partial charge in [0.05, 0.1) is 11.6 Å². The quantitative estimate of drug-likeness (QED) is 0.812. The minimum Gasteiger partial charge on any atom is -0.348 e. The van der Waals surface area contributed by atoms with Gasteiger partial charge >= 0.3 is 0 Å². The largest absolute Gasteiger partial charge is 0.348 e. The van der Waals surface area contributed by atoms with Crippen LogP contribution in [0, 0.1) is 0 Å². The third kappa shape index (κ3) is 2.09. The fourth-order valence-electron chi connectivity index (χ4n) is 1.95. The van der Waals surface area contributed by atoms with E-state index in [2.05, 4.69) is 5.32 Å². The lowest BCUT2D eigenvalue weighted by Crippen LogP contribution is -2.58. The van der Waals surface area contributed by atoms with Gasteiger partial charge in [0.15, 0.2) is 0 Å². The highest BCUT2D eigenvalue weighted by atomic mass is 16.2. The summed E-state index contributed by atoms with van der Waals surface area (Å²) in [6.07, 6.45) is 2.67. The number of rotatable bonds is 3. The first-order valence-electron chi connectivity index (χ1n) is 5.77.